The van der Waals surface area contributed by atoms with Gasteiger partial charge in [-0.25, -0.2) is 4.98 Å². The predicted molar refractivity (Wildman–Crippen MR) is 68.2 cm³/mol. The van der Waals surface area contributed by atoms with E-state index in [1.807, 2.05) is 6.07 Å². The van der Waals surface area contributed by atoms with E-state index in [1.165, 1.54) is 0 Å². The van der Waals surface area contributed by atoms with Crippen molar-refractivity contribution in [3.8, 4) is 5.88 Å². The van der Waals surface area contributed by atoms with Gasteiger partial charge in [0.05, 0.1) is 13.2 Å². The van der Waals surface area contributed by atoms with Gasteiger partial charge in [0.2, 0.25) is 5.88 Å². The van der Waals surface area contributed by atoms with E-state index in [0.717, 1.165) is 49.3 Å². The fourth-order valence-corrected chi connectivity index (χ4v) is 2.20. The van der Waals surface area contributed by atoms with E-state index in [0.29, 0.717) is 5.88 Å². The molecule has 1 aliphatic rings. The van der Waals surface area contributed by atoms with E-state index in [9.17, 15) is 0 Å². The summed E-state index contributed by atoms with van der Waals surface area (Å²) in [6.45, 7) is 3.67. The van der Waals surface area contributed by atoms with Crippen molar-refractivity contribution in [3.05, 3.63) is 16.5 Å². The van der Waals surface area contributed by atoms with Crippen LogP contribution in [0, 0.1) is 0 Å². The summed E-state index contributed by atoms with van der Waals surface area (Å²) in [4.78, 5) is 8.73. The van der Waals surface area contributed by atoms with Gasteiger partial charge in [0.15, 0.2) is 0 Å². The molecule has 0 unspecified atom stereocenters. The second-order valence-electron chi connectivity index (χ2n) is 4.12. The molecule has 0 radical (unpaired) electrons. The van der Waals surface area contributed by atoms with Crippen LogP contribution in [0.3, 0.4) is 0 Å². The van der Waals surface area contributed by atoms with Gasteiger partial charge in [0.1, 0.15) is 16.5 Å². The van der Waals surface area contributed by atoms with Crippen LogP contribution in [0.4, 0.5) is 0 Å². The Bertz CT molecular complexity index is 368. The van der Waals surface area contributed by atoms with Gasteiger partial charge < -0.3 is 9.47 Å². The summed E-state index contributed by atoms with van der Waals surface area (Å²) in [5.74, 6) is 1.51. The standard InChI is InChI=1S/C12H17BrN2O2/c1-2-3-11-14-10(13)8-12(15-11)17-9-4-6-16-7-5-9/h8-9H,2-7H2,1H3. The summed E-state index contributed by atoms with van der Waals surface area (Å²) in [6.07, 6.45) is 4.01. The fourth-order valence-electron chi connectivity index (χ4n) is 1.80. The molecule has 4 nitrogen and oxygen atoms in total. The summed E-state index contributed by atoms with van der Waals surface area (Å²) in [5, 5.41) is 0. The van der Waals surface area contributed by atoms with Crippen LogP contribution in [0.25, 0.3) is 0 Å². The molecule has 1 saturated heterocycles. The molecule has 17 heavy (non-hydrogen) atoms. The quantitative estimate of drug-likeness (QED) is 0.802. The average molecular weight is 301 g/mol. The zero-order chi connectivity index (χ0) is 12.1. The molecule has 0 amide bonds. The first-order valence-electron chi connectivity index (χ1n) is 6.06. The monoisotopic (exact) mass is 300 g/mol. The maximum atomic E-state index is 5.86. The van der Waals surface area contributed by atoms with Crippen molar-refractivity contribution in [1.82, 2.24) is 9.97 Å². The van der Waals surface area contributed by atoms with E-state index in [4.69, 9.17) is 9.47 Å². The lowest BCUT2D eigenvalue weighted by molar-refractivity contribution is 0.0235. The molecule has 0 N–H and O–H groups in total. The number of aryl methyl sites for hydroxylation is 1. The SMILES string of the molecule is CCCc1nc(Br)cc(OC2CCOCC2)n1. The molecule has 1 aromatic heterocycles. The minimum atomic E-state index is 0.222. The first-order chi connectivity index (χ1) is 8.28. The minimum Gasteiger partial charge on any atom is -0.474 e. The zero-order valence-electron chi connectivity index (χ0n) is 9.99. The third-order valence-electron chi connectivity index (χ3n) is 2.65. The Morgan fingerprint density at radius 1 is 1.41 bits per heavy atom. The van der Waals surface area contributed by atoms with Crippen molar-refractivity contribution in [2.45, 2.75) is 38.7 Å². The maximum Gasteiger partial charge on any atom is 0.217 e. The second-order valence-corrected chi connectivity index (χ2v) is 4.94. The van der Waals surface area contributed by atoms with Gasteiger partial charge >= 0.3 is 0 Å². The van der Waals surface area contributed by atoms with Gasteiger partial charge in [0, 0.05) is 25.3 Å². The molecule has 2 rings (SSSR count). The van der Waals surface area contributed by atoms with Crippen molar-refractivity contribution >= 4 is 15.9 Å². The highest BCUT2D eigenvalue weighted by molar-refractivity contribution is 9.10. The predicted octanol–water partition coefficient (Wildman–Crippen LogP) is 2.75. The molecule has 2 heterocycles. The third kappa shape index (κ3) is 3.92. The molecule has 0 bridgehead atoms. The Morgan fingerprint density at radius 3 is 2.88 bits per heavy atom. The molecule has 5 heteroatoms. The molecular weight excluding hydrogens is 284 g/mol. The highest BCUT2D eigenvalue weighted by Crippen LogP contribution is 2.19. The lowest BCUT2D eigenvalue weighted by Gasteiger charge is -2.22. The molecule has 0 atom stereocenters. The smallest absolute Gasteiger partial charge is 0.217 e. The van der Waals surface area contributed by atoms with E-state index in [-0.39, 0.29) is 6.10 Å². The number of halogens is 1. The van der Waals surface area contributed by atoms with Gasteiger partial charge in [-0.15, -0.1) is 0 Å². The number of ether oxygens (including phenoxy) is 2. The molecule has 1 fully saturated rings. The highest BCUT2D eigenvalue weighted by Gasteiger charge is 2.16. The number of hydrogen-bond acceptors (Lipinski definition) is 4. The summed E-state index contributed by atoms with van der Waals surface area (Å²) >= 11 is 3.39. The molecule has 0 aromatic carbocycles. The summed E-state index contributed by atoms with van der Waals surface area (Å²) in [6, 6.07) is 1.83. The van der Waals surface area contributed by atoms with Crippen molar-refractivity contribution in [1.29, 1.82) is 0 Å². The van der Waals surface area contributed by atoms with Crippen LogP contribution in [0.2, 0.25) is 0 Å². The Kier molecular flexibility index (Phi) is 4.74. The van der Waals surface area contributed by atoms with Crippen LogP contribution in [-0.4, -0.2) is 29.3 Å². The Labute approximate surface area is 110 Å². The van der Waals surface area contributed by atoms with Crippen molar-refractivity contribution in [2.24, 2.45) is 0 Å². The summed E-state index contributed by atoms with van der Waals surface area (Å²) in [5.41, 5.74) is 0. The molecule has 94 valence electrons. The Balaban J connectivity index is 2.03. The number of aromatic nitrogens is 2. The minimum absolute atomic E-state index is 0.222. The fraction of sp³-hybridized carbons (Fsp3) is 0.667. The van der Waals surface area contributed by atoms with E-state index in [1.54, 1.807) is 0 Å². The Morgan fingerprint density at radius 2 is 2.18 bits per heavy atom. The van der Waals surface area contributed by atoms with E-state index in [2.05, 4.69) is 32.8 Å². The molecule has 0 spiro atoms. The molecule has 1 aliphatic heterocycles. The van der Waals surface area contributed by atoms with Crippen LogP contribution in [0.5, 0.6) is 5.88 Å². The number of rotatable bonds is 4. The van der Waals surface area contributed by atoms with E-state index < -0.39 is 0 Å². The first-order valence-corrected chi connectivity index (χ1v) is 6.85. The molecular formula is C12H17BrN2O2. The summed E-state index contributed by atoms with van der Waals surface area (Å²) < 4.78 is 12.0. The molecule has 0 aliphatic carbocycles. The lowest BCUT2D eigenvalue weighted by Crippen LogP contribution is -2.26. The summed E-state index contributed by atoms with van der Waals surface area (Å²) in [7, 11) is 0. The Hall–Kier alpha value is -0.680. The van der Waals surface area contributed by atoms with Crippen LogP contribution < -0.4 is 4.74 Å². The van der Waals surface area contributed by atoms with Crippen molar-refractivity contribution < 1.29 is 9.47 Å². The van der Waals surface area contributed by atoms with Gasteiger partial charge in [-0.1, -0.05) is 6.92 Å². The molecule has 1 aromatic rings. The maximum absolute atomic E-state index is 5.86. The second kappa shape index (κ2) is 6.31. The van der Waals surface area contributed by atoms with Crippen LogP contribution >= 0.6 is 15.9 Å². The highest BCUT2D eigenvalue weighted by atomic mass is 79.9. The van der Waals surface area contributed by atoms with Gasteiger partial charge in [0.25, 0.3) is 0 Å². The van der Waals surface area contributed by atoms with Crippen molar-refractivity contribution in [3.63, 3.8) is 0 Å². The van der Waals surface area contributed by atoms with Crippen LogP contribution in [0.1, 0.15) is 32.0 Å². The van der Waals surface area contributed by atoms with Crippen LogP contribution in [-0.2, 0) is 11.2 Å². The molecule has 0 saturated carbocycles. The average Bonchev–Trinajstić information content (AvgIpc) is 2.30. The van der Waals surface area contributed by atoms with Crippen LogP contribution in [0.15, 0.2) is 10.7 Å². The van der Waals surface area contributed by atoms with Crippen molar-refractivity contribution in [2.75, 3.05) is 13.2 Å². The third-order valence-corrected chi connectivity index (χ3v) is 3.05. The van der Waals surface area contributed by atoms with E-state index >= 15 is 0 Å². The number of nitrogens with zero attached hydrogens (tertiary/aromatic N) is 2. The van der Waals surface area contributed by atoms with Gasteiger partial charge in [-0.2, -0.15) is 4.98 Å². The zero-order valence-corrected chi connectivity index (χ0v) is 11.6. The van der Waals surface area contributed by atoms with Gasteiger partial charge in [-0.05, 0) is 22.4 Å². The number of hydrogen-bond donors (Lipinski definition) is 0. The topological polar surface area (TPSA) is 44.2 Å². The lowest BCUT2D eigenvalue weighted by atomic mass is 10.2. The first kappa shape index (κ1) is 12.8. The largest absolute Gasteiger partial charge is 0.474 e. The normalized spacial score (nSPS) is 17.1. The van der Waals surface area contributed by atoms with Gasteiger partial charge in [-0.3, -0.25) is 0 Å².